The van der Waals surface area contributed by atoms with Crippen molar-refractivity contribution in [2.24, 2.45) is 0 Å². The molecule has 5 nitrogen and oxygen atoms in total. The molecule has 0 bridgehead atoms. The van der Waals surface area contributed by atoms with Gasteiger partial charge in [0.05, 0.1) is 14.2 Å². The van der Waals surface area contributed by atoms with Crippen LogP contribution in [-0.4, -0.2) is 20.3 Å². The van der Waals surface area contributed by atoms with E-state index in [4.69, 9.17) is 14.2 Å². The van der Waals surface area contributed by atoms with Gasteiger partial charge in [-0.05, 0) is 36.2 Å². The molecule has 1 N–H and O–H groups in total. The standard InChI is InChI=1S/C18H19NO4/c1-4-6-13-9-10-16(17(11-13)22-3)23-18(20)19-14-7-5-8-15(12-14)21-2/h4-5,7-12H,1,6H2,2-3H3,(H,19,20). The molecule has 0 aromatic heterocycles. The number of carbonyl (C=O) groups excluding carboxylic acids is 1. The Bertz CT molecular complexity index is 697. The van der Waals surface area contributed by atoms with Crippen molar-refractivity contribution in [3.63, 3.8) is 0 Å². The fourth-order valence-corrected chi connectivity index (χ4v) is 2.03. The predicted molar refractivity (Wildman–Crippen MR) is 89.5 cm³/mol. The molecule has 0 radical (unpaired) electrons. The Morgan fingerprint density at radius 2 is 1.96 bits per heavy atom. The zero-order valence-electron chi connectivity index (χ0n) is 13.2. The molecule has 2 aromatic carbocycles. The van der Waals surface area contributed by atoms with Crippen LogP contribution < -0.4 is 19.5 Å². The van der Waals surface area contributed by atoms with E-state index in [1.807, 2.05) is 12.1 Å². The Hall–Kier alpha value is -2.95. The van der Waals surface area contributed by atoms with Crippen LogP contribution in [0.25, 0.3) is 0 Å². The number of benzene rings is 2. The third-order valence-corrected chi connectivity index (χ3v) is 3.13. The van der Waals surface area contributed by atoms with Crippen molar-refractivity contribution in [3.05, 3.63) is 60.7 Å². The second-order valence-corrected chi connectivity index (χ2v) is 4.72. The Morgan fingerprint density at radius 1 is 1.13 bits per heavy atom. The molecule has 0 unspecified atom stereocenters. The first-order chi connectivity index (χ1) is 11.2. The molecule has 0 fully saturated rings. The lowest BCUT2D eigenvalue weighted by atomic mass is 10.1. The van der Waals surface area contributed by atoms with E-state index >= 15 is 0 Å². The summed E-state index contributed by atoms with van der Waals surface area (Å²) in [5, 5.41) is 2.64. The molecule has 0 saturated heterocycles. The van der Waals surface area contributed by atoms with Crippen molar-refractivity contribution in [2.45, 2.75) is 6.42 Å². The molecule has 0 aliphatic rings. The lowest BCUT2D eigenvalue weighted by Gasteiger charge is -2.11. The fourth-order valence-electron chi connectivity index (χ4n) is 2.03. The number of nitrogens with one attached hydrogen (secondary N) is 1. The van der Waals surface area contributed by atoms with E-state index in [0.717, 1.165) is 5.56 Å². The Labute approximate surface area is 135 Å². The molecule has 0 spiro atoms. The van der Waals surface area contributed by atoms with Crippen LogP contribution >= 0.6 is 0 Å². The first kappa shape index (κ1) is 16.4. The van der Waals surface area contributed by atoms with Crippen LogP contribution in [0.3, 0.4) is 0 Å². The average molecular weight is 313 g/mol. The average Bonchev–Trinajstić information content (AvgIpc) is 2.56. The van der Waals surface area contributed by atoms with Crippen molar-refractivity contribution >= 4 is 11.8 Å². The molecule has 23 heavy (non-hydrogen) atoms. The summed E-state index contributed by atoms with van der Waals surface area (Å²) in [6.45, 7) is 3.70. The summed E-state index contributed by atoms with van der Waals surface area (Å²) in [5.74, 6) is 1.49. The summed E-state index contributed by atoms with van der Waals surface area (Å²) in [4.78, 5) is 12.0. The maximum atomic E-state index is 12.0. The molecule has 2 aromatic rings. The van der Waals surface area contributed by atoms with Gasteiger partial charge in [-0.3, -0.25) is 5.32 Å². The summed E-state index contributed by atoms with van der Waals surface area (Å²) in [6, 6.07) is 12.4. The van der Waals surface area contributed by atoms with E-state index in [9.17, 15) is 4.79 Å². The van der Waals surface area contributed by atoms with Gasteiger partial charge >= 0.3 is 6.09 Å². The van der Waals surface area contributed by atoms with Crippen LogP contribution in [0, 0.1) is 0 Å². The lowest BCUT2D eigenvalue weighted by molar-refractivity contribution is 0.213. The largest absolute Gasteiger partial charge is 0.497 e. The molecular formula is C18H19NO4. The normalized spacial score (nSPS) is 9.83. The van der Waals surface area contributed by atoms with E-state index in [-0.39, 0.29) is 0 Å². The molecule has 0 saturated carbocycles. The maximum absolute atomic E-state index is 12.0. The van der Waals surface area contributed by atoms with Crippen molar-refractivity contribution < 1.29 is 19.0 Å². The summed E-state index contributed by atoms with van der Waals surface area (Å²) in [7, 11) is 3.09. The van der Waals surface area contributed by atoms with E-state index in [2.05, 4.69) is 11.9 Å². The SMILES string of the molecule is C=CCc1ccc(OC(=O)Nc2cccc(OC)c2)c(OC)c1. The monoisotopic (exact) mass is 313 g/mol. The third-order valence-electron chi connectivity index (χ3n) is 3.13. The minimum atomic E-state index is -0.604. The van der Waals surface area contributed by atoms with Crippen molar-refractivity contribution in [3.8, 4) is 17.2 Å². The molecule has 0 atom stereocenters. The molecule has 1 amide bonds. The van der Waals surface area contributed by atoms with Gasteiger partial charge in [0.2, 0.25) is 0 Å². The van der Waals surface area contributed by atoms with Crippen LogP contribution in [0.2, 0.25) is 0 Å². The molecule has 0 aliphatic heterocycles. The van der Waals surface area contributed by atoms with Crippen LogP contribution in [-0.2, 0) is 6.42 Å². The van der Waals surface area contributed by atoms with Gasteiger partial charge < -0.3 is 14.2 Å². The Kier molecular flexibility index (Phi) is 5.63. The maximum Gasteiger partial charge on any atom is 0.417 e. The highest BCUT2D eigenvalue weighted by molar-refractivity contribution is 5.86. The van der Waals surface area contributed by atoms with Crippen molar-refractivity contribution in [2.75, 3.05) is 19.5 Å². The minimum Gasteiger partial charge on any atom is -0.497 e. The van der Waals surface area contributed by atoms with Crippen LogP contribution in [0.5, 0.6) is 17.2 Å². The third kappa shape index (κ3) is 4.51. The number of methoxy groups -OCH3 is 2. The minimum absolute atomic E-state index is 0.348. The smallest absolute Gasteiger partial charge is 0.417 e. The molecule has 2 rings (SSSR count). The molecule has 0 heterocycles. The summed E-state index contributed by atoms with van der Waals surface area (Å²) in [5.41, 5.74) is 1.61. The number of ether oxygens (including phenoxy) is 3. The van der Waals surface area contributed by atoms with Gasteiger partial charge in [-0.15, -0.1) is 6.58 Å². The topological polar surface area (TPSA) is 56.8 Å². The molecule has 5 heteroatoms. The van der Waals surface area contributed by atoms with Gasteiger partial charge in [-0.2, -0.15) is 0 Å². The van der Waals surface area contributed by atoms with Gasteiger partial charge in [0.25, 0.3) is 0 Å². The van der Waals surface area contributed by atoms with Crippen molar-refractivity contribution in [1.29, 1.82) is 0 Å². The number of hydrogen-bond donors (Lipinski definition) is 1. The first-order valence-electron chi connectivity index (χ1n) is 7.07. The second-order valence-electron chi connectivity index (χ2n) is 4.72. The molecular weight excluding hydrogens is 294 g/mol. The summed E-state index contributed by atoms with van der Waals surface area (Å²) >= 11 is 0. The second kappa shape index (κ2) is 7.89. The fraction of sp³-hybridized carbons (Fsp3) is 0.167. The van der Waals surface area contributed by atoms with Crippen molar-refractivity contribution in [1.82, 2.24) is 0 Å². The number of carbonyl (C=O) groups is 1. The predicted octanol–water partition coefficient (Wildman–Crippen LogP) is 4.04. The van der Waals surface area contributed by atoms with E-state index in [1.165, 1.54) is 7.11 Å². The number of amides is 1. The van der Waals surface area contributed by atoms with Gasteiger partial charge in [0.1, 0.15) is 5.75 Å². The van der Waals surface area contributed by atoms with Crippen LogP contribution in [0.4, 0.5) is 10.5 Å². The number of hydrogen-bond acceptors (Lipinski definition) is 4. The van der Waals surface area contributed by atoms with Gasteiger partial charge in [-0.25, -0.2) is 4.79 Å². The van der Waals surface area contributed by atoms with Crippen LogP contribution in [0.15, 0.2) is 55.1 Å². The number of anilines is 1. The molecule has 120 valence electrons. The number of allylic oxidation sites excluding steroid dienone is 1. The molecule has 0 aliphatic carbocycles. The number of rotatable bonds is 6. The van der Waals surface area contributed by atoms with Gasteiger partial charge in [0.15, 0.2) is 11.5 Å². The van der Waals surface area contributed by atoms with E-state index in [0.29, 0.717) is 29.4 Å². The lowest BCUT2D eigenvalue weighted by Crippen LogP contribution is -2.17. The Balaban J connectivity index is 2.08. The van der Waals surface area contributed by atoms with Gasteiger partial charge in [-0.1, -0.05) is 18.2 Å². The van der Waals surface area contributed by atoms with E-state index < -0.39 is 6.09 Å². The zero-order valence-corrected chi connectivity index (χ0v) is 13.2. The highest BCUT2D eigenvalue weighted by Gasteiger charge is 2.11. The highest BCUT2D eigenvalue weighted by atomic mass is 16.6. The summed E-state index contributed by atoms with van der Waals surface area (Å²) in [6.07, 6.45) is 1.91. The Morgan fingerprint density at radius 3 is 2.65 bits per heavy atom. The zero-order chi connectivity index (χ0) is 16.7. The van der Waals surface area contributed by atoms with Gasteiger partial charge in [0, 0.05) is 11.8 Å². The van der Waals surface area contributed by atoms with Crippen LogP contribution in [0.1, 0.15) is 5.56 Å². The summed E-state index contributed by atoms with van der Waals surface area (Å²) < 4.78 is 15.7. The van der Waals surface area contributed by atoms with E-state index in [1.54, 1.807) is 43.5 Å². The highest BCUT2D eigenvalue weighted by Crippen LogP contribution is 2.29. The quantitative estimate of drug-likeness (QED) is 0.818. The first-order valence-corrected chi connectivity index (χ1v) is 7.07.